The smallest absolute Gasteiger partial charge is 0.410 e. The summed E-state index contributed by atoms with van der Waals surface area (Å²) in [5.41, 5.74) is 0.126. The van der Waals surface area contributed by atoms with Crippen LogP contribution in [0, 0.1) is 0 Å². The van der Waals surface area contributed by atoms with E-state index in [1.165, 1.54) is 5.56 Å². The van der Waals surface area contributed by atoms with Gasteiger partial charge < -0.3 is 14.7 Å². The summed E-state index contributed by atoms with van der Waals surface area (Å²) < 4.78 is 5.51. The fourth-order valence-corrected chi connectivity index (χ4v) is 3.22. The number of aliphatic hydroxyl groups is 1. The largest absolute Gasteiger partial charge is 0.444 e. The molecule has 1 amide bonds. The first-order valence-electron chi connectivity index (χ1n) is 8.78. The van der Waals surface area contributed by atoms with Gasteiger partial charge in [0.15, 0.2) is 0 Å². The van der Waals surface area contributed by atoms with Crippen LogP contribution in [0.15, 0.2) is 43.0 Å². The number of hydrogen-bond donors (Lipinski definition) is 1. The summed E-state index contributed by atoms with van der Waals surface area (Å²) in [6, 6.07) is 10.2. The molecule has 0 radical (unpaired) electrons. The molecule has 1 fully saturated rings. The summed E-state index contributed by atoms with van der Waals surface area (Å²) in [4.78, 5) is 16.4. The quantitative estimate of drug-likeness (QED) is 0.833. The molecule has 1 aliphatic heterocycles. The second kappa shape index (κ2) is 8.02. The molecule has 1 aromatic rings. The van der Waals surface area contributed by atoms with Crippen molar-refractivity contribution in [3.05, 3.63) is 48.6 Å². The number of hydrogen-bond acceptors (Lipinski definition) is 4. The van der Waals surface area contributed by atoms with E-state index >= 15 is 0 Å². The van der Waals surface area contributed by atoms with Crippen molar-refractivity contribution in [2.75, 3.05) is 26.2 Å². The maximum absolute atomic E-state index is 12.5. The van der Waals surface area contributed by atoms with Gasteiger partial charge in [0, 0.05) is 26.2 Å². The molecule has 5 heteroatoms. The highest BCUT2D eigenvalue weighted by atomic mass is 16.6. The highest BCUT2D eigenvalue weighted by molar-refractivity contribution is 5.68. The number of amides is 1. The van der Waals surface area contributed by atoms with Crippen LogP contribution in [-0.4, -0.2) is 58.4 Å². The minimum Gasteiger partial charge on any atom is -0.444 e. The van der Waals surface area contributed by atoms with E-state index in [4.69, 9.17) is 4.74 Å². The first-order valence-corrected chi connectivity index (χ1v) is 8.78. The average Bonchev–Trinajstić information content (AvgIpc) is 2.56. The molecule has 1 saturated heterocycles. The molecule has 138 valence electrons. The SMILES string of the molecule is C=CCC1(CO)CN(C(=O)OC(C)(C)C)CCN1Cc1ccccc1. The summed E-state index contributed by atoms with van der Waals surface area (Å²) in [6.07, 6.45) is 2.09. The number of rotatable bonds is 5. The van der Waals surface area contributed by atoms with Gasteiger partial charge in [-0.25, -0.2) is 4.79 Å². The van der Waals surface area contributed by atoms with Crippen molar-refractivity contribution in [1.82, 2.24) is 9.80 Å². The Bertz CT molecular complexity index is 582. The predicted octanol–water partition coefficient (Wildman–Crippen LogP) is 3.05. The van der Waals surface area contributed by atoms with Gasteiger partial charge in [-0.3, -0.25) is 4.90 Å². The van der Waals surface area contributed by atoms with Crippen LogP contribution in [0.5, 0.6) is 0 Å². The molecule has 0 saturated carbocycles. The van der Waals surface area contributed by atoms with Crippen LogP contribution in [0.4, 0.5) is 4.79 Å². The lowest BCUT2D eigenvalue weighted by atomic mass is 9.90. The number of nitrogens with zero attached hydrogens (tertiary/aromatic N) is 2. The van der Waals surface area contributed by atoms with Gasteiger partial charge in [-0.2, -0.15) is 0 Å². The molecule has 1 aromatic carbocycles. The minimum absolute atomic E-state index is 0.0366. The Hall–Kier alpha value is -1.85. The maximum atomic E-state index is 12.5. The molecule has 1 atom stereocenters. The highest BCUT2D eigenvalue weighted by Gasteiger charge is 2.42. The minimum atomic E-state index is -0.535. The standard InChI is InChI=1S/C20H30N2O3/c1-5-11-20(16-23)15-21(18(24)25-19(2,3)4)12-13-22(20)14-17-9-7-6-8-10-17/h5-10,23H,1,11-16H2,2-4H3. The van der Waals surface area contributed by atoms with Crippen LogP contribution >= 0.6 is 0 Å². The molecule has 1 unspecified atom stereocenters. The Morgan fingerprint density at radius 3 is 2.56 bits per heavy atom. The van der Waals surface area contributed by atoms with E-state index in [0.717, 1.165) is 6.54 Å². The third-order valence-electron chi connectivity index (χ3n) is 4.48. The van der Waals surface area contributed by atoms with Gasteiger partial charge in [0.05, 0.1) is 12.1 Å². The number of carbonyl (C=O) groups excluding carboxylic acids is 1. The molecule has 1 N–H and O–H groups in total. The van der Waals surface area contributed by atoms with Gasteiger partial charge >= 0.3 is 6.09 Å². The van der Waals surface area contributed by atoms with Crippen LogP contribution in [0.3, 0.4) is 0 Å². The first kappa shape index (κ1) is 19.5. The summed E-state index contributed by atoms with van der Waals surface area (Å²) >= 11 is 0. The molecule has 5 nitrogen and oxygen atoms in total. The van der Waals surface area contributed by atoms with E-state index in [9.17, 15) is 9.90 Å². The molecule has 0 aliphatic carbocycles. The number of aliphatic hydroxyl groups excluding tert-OH is 1. The average molecular weight is 346 g/mol. The second-order valence-corrected chi connectivity index (χ2v) is 7.68. The van der Waals surface area contributed by atoms with Crippen LogP contribution in [0.2, 0.25) is 0 Å². The van der Waals surface area contributed by atoms with Crippen molar-refractivity contribution >= 4 is 6.09 Å². The first-order chi connectivity index (χ1) is 11.8. The monoisotopic (exact) mass is 346 g/mol. The maximum Gasteiger partial charge on any atom is 0.410 e. The van der Waals surface area contributed by atoms with E-state index in [1.54, 1.807) is 4.90 Å². The van der Waals surface area contributed by atoms with Crippen molar-refractivity contribution in [3.8, 4) is 0 Å². The molecule has 1 aliphatic rings. The van der Waals surface area contributed by atoms with Crippen molar-refractivity contribution < 1.29 is 14.6 Å². The summed E-state index contributed by atoms with van der Waals surface area (Å²) in [5, 5.41) is 10.2. The lowest BCUT2D eigenvalue weighted by Gasteiger charge is -2.49. The third kappa shape index (κ3) is 5.06. The molecular formula is C20H30N2O3. The van der Waals surface area contributed by atoms with Gasteiger partial charge in [-0.1, -0.05) is 36.4 Å². The van der Waals surface area contributed by atoms with E-state index in [1.807, 2.05) is 45.0 Å². The van der Waals surface area contributed by atoms with Crippen molar-refractivity contribution in [1.29, 1.82) is 0 Å². The Labute approximate surface area is 150 Å². The Morgan fingerprint density at radius 1 is 1.32 bits per heavy atom. The summed E-state index contributed by atoms with van der Waals surface area (Å²) in [7, 11) is 0. The number of piperazine rings is 1. The normalized spacial score (nSPS) is 21.8. The number of carbonyl (C=O) groups is 1. The van der Waals surface area contributed by atoms with Crippen molar-refractivity contribution in [3.63, 3.8) is 0 Å². The van der Waals surface area contributed by atoms with Crippen molar-refractivity contribution in [2.45, 2.75) is 44.9 Å². The predicted molar refractivity (Wildman–Crippen MR) is 99.3 cm³/mol. The molecule has 0 spiro atoms. The number of benzene rings is 1. The fourth-order valence-electron chi connectivity index (χ4n) is 3.22. The zero-order valence-corrected chi connectivity index (χ0v) is 15.6. The van der Waals surface area contributed by atoms with Crippen LogP contribution in [0.25, 0.3) is 0 Å². The van der Waals surface area contributed by atoms with E-state index < -0.39 is 11.1 Å². The fraction of sp³-hybridized carbons (Fsp3) is 0.550. The molecule has 0 aromatic heterocycles. The number of ether oxygens (including phenoxy) is 1. The molecule has 1 heterocycles. The summed E-state index contributed by atoms with van der Waals surface area (Å²) in [6.45, 7) is 11.8. The van der Waals surface area contributed by atoms with Crippen LogP contribution in [-0.2, 0) is 11.3 Å². The zero-order valence-electron chi connectivity index (χ0n) is 15.6. The van der Waals surface area contributed by atoms with E-state index in [0.29, 0.717) is 26.1 Å². The van der Waals surface area contributed by atoms with Gasteiger partial charge in [-0.15, -0.1) is 6.58 Å². The second-order valence-electron chi connectivity index (χ2n) is 7.68. The Morgan fingerprint density at radius 2 is 2.00 bits per heavy atom. The molecular weight excluding hydrogens is 316 g/mol. The lowest BCUT2D eigenvalue weighted by Crippen LogP contribution is -2.64. The molecule has 2 rings (SSSR count). The summed E-state index contributed by atoms with van der Waals surface area (Å²) in [5.74, 6) is 0. The van der Waals surface area contributed by atoms with E-state index in [2.05, 4.69) is 23.6 Å². The van der Waals surface area contributed by atoms with Gasteiger partial charge in [0.25, 0.3) is 0 Å². The Kier molecular flexibility index (Phi) is 6.25. The van der Waals surface area contributed by atoms with E-state index in [-0.39, 0.29) is 12.7 Å². The molecule has 25 heavy (non-hydrogen) atoms. The molecule has 0 bridgehead atoms. The van der Waals surface area contributed by atoms with Crippen LogP contribution in [0.1, 0.15) is 32.8 Å². The Balaban J connectivity index is 2.17. The van der Waals surface area contributed by atoms with Crippen molar-refractivity contribution in [2.24, 2.45) is 0 Å². The third-order valence-corrected chi connectivity index (χ3v) is 4.48. The van der Waals surface area contributed by atoms with Gasteiger partial charge in [0.2, 0.25) is 0 Å². The highest BCUT2D eigenvalue weighted by Crippen LogP contribution is 2.28. The van der Waals surface area contributed by atoms with Gasteiger partial charge in [0.1, 0.15) is 5.60 Å². The topological polar surface area (TPSA) is 53.0 Å². The van der Waals surface area contributed by atoms with Gasteiger partial charge in [-0.05, 0) is 32.8 Å². The van der Waals surface area contributed by atoms with Crippen LogP contribution < -0.4 is 0 Å². The zero-order chi connectivity index (χ0) is 18.5. The lowest BCUT2D eigenvalue weighted by molar-refractivity contribution is -0.0500.